The quantitative estimate of drug-likeness (QED) is 0.362. The molecule has 0 unspecified atom stereocenters. The zero-order chi connectivity index (χ0) is 14.8. The number of halogens is 1. The number of thiazole rings is 1. The standard InChI is InChI=1S/C11H20N4O3PS.ClH/c1-4-7-9-13-15-10(8-20-11(15)14(9)12)19(16,17-5-2)18-6-3;/h8H,4-7,12H2,1-3H3;1H/q+1;/p-1. The van der Waals surface area contributed by atoms with Gasteiger partial charge in [-0.1, -0.05) is 22.8 Å². The molecule has 21 heavy (non-hydrogen) atoms. The summed E-state index contributed by atoms with van der Waals surface area (Å²) in [4.78, 5) is 0.711. The topological polar surface area (TPSA) is 82.7 Å². The molecule has 0 atom stereocenters. The summed E-state index contributed by atoms with van der Waals surface area (Å²) < 4.78 is 26.6. The fraction of sp³-hybridized carbons (Fsp3) is 0.636. The Morgan fingerprint density at radius 3 is 2.52 bits per heavy atom. The van der Waals surface area contributed by atoms with Crippen LogP contribution in [0.3, 0.4) is 0 Å². The molecule has 120 valence electrons. The maximum atomic E-state index is 12.8. The van der Waals surface area contributed by atoms with Crippen LogP contribution in [0, 0.1) is 0 Å². The molecule has 2 N–H and O–H groups in total. The van der Waals surface area contributed by atoms with Crippen LogP contribution >= 0.6 is 18.9 Å². The lowest BCUT2D eigenvalue weighted by molar-refractivity contribution is -0.618. The van der Waals surface area contributed by atoms with E-state index >= 15 is 0 Å². The van der Waals surface area contributed by atoms with Crippen LogP contribution in [0.25, 0.3) is 4.96 Å². The Kier molecular flexibility index (Phi) is 6.62. The number of fused-ring (bicyclic) bond motifs is 1. The maximum Gasteiger partial charge on any atom is 0.397 e. The highest BCUT2D eigenvalue weighted by Gasteiger charge is 2.37. The molecule has 2 aromatic rings. The number of aryl methyl sites for hydroxylation is 1. The highest BCUT2D eigenvalue weighted by atomic mass is 35.5. The summed E-state index contributed by atoms with van der Waals surface area (Å²) >= 11 is 1.37. The van der Waals surface area contributed by atoms with E-state index < -0.39 is 7.60 Å². The Labute approximate surface area is 134 Å². The second-order valence-electron chi connectivity index (χ2n) is 4.16. The number of nitrogens with zero attached hydrogens (tertiary/aromatic N) is 3. The maximum absolute atomic E-state index is 12.8. The Hall–Kier alpha value is -0.660. The molecule has 0 aromatic carbocycles. The molecule has 0 spiro atoms. The minimum absolute atomic E-state index is 0. The van der Waals surface area contributed by atoms with Gasteiger partial charge in [-0.25, -0.2) is 0 Å². The number of hydrogen-bond donors (Lipinski definition) is 1. The van der Waals surface area contributed by atoms with Crippen molar-refractivity contribution in [3.63, 3.8) is 0 Å². The first kappa shape index (κ1) is 18.4. The van der Waals surface area contributed by atoms with Gasteiger partial charge >= 0.3 is 18.4 Å². The van der Waals surface area contributed by atoms with Crippen LogP contribution in [-0.2, 0) is 20.0 Å². The molecular formula is C11H20ClN4O3PS. The molecule has 0 amide bonds. The molecular weight excluding hydrogens is 335 g/mol. The molecule has 0 aliphatic rings. The SMILES string of the molecule is CCCc1nn2c(P(=O)(OCC)OCC)csc2[n+]1N.[Cl-]. The Morgan fingerprint density at radius 1 is 1.38 bits per heavy atom. The van der Waals surface area contributed by atoms with Gasteiger partial charge in [0.1, 0.15) is 0 Å². The first-order chi connectivity index (χ1) is 9.57. The summed E-state index contributed by atoms with van der Waals surface area (Å²) in [5, 5.41) is 6.16. The van der Waals surface area contributed by atoms with E-state index in [-0.39, 0.29) is 12.4 Å². The van der Waals surface area contributed by atoms with Crippen molar-refractivity contribution < 1.29 is 30.7 Å². The average Bonchev–Trinajstić information content (AvgIpc) is 2.93. The van der Waals surface area contributed by atoms with E-state index in [1.165, 1.54) is 16.0 Å². The molecule has 2 heterocycles. The smallest absolute Gasteiger partial charge is 0.397 e. The van der Waals surface area contributed by atoms with E-state index in [1.807, 2.05) is 0 Å². The van der Waals surface area contributed by atoms with Gasteiger partial charge in [0.05, 0.1) is 13.2 Å². The van der Waals surface area contributed by atoms with Gasteiger partial charge in [0.15, 0.2) is 0 Å². The number of rotatable bonds is 7. The number of hydrogen-bond acceptors (Lipinski definition) is 6. The van der Waals surface area contributed by atoms with E-state index in [4.69, 9.17) is 14.9 Å². The third-order valence-electron chi connectivity index (χ3n) is 2.72. The first-order valence-corrected chi connectivity index (χ1v) is 9.05. The second-order valence-corrected chi connectivity index (χ2v) is 6.96. The molecule has 0 fully saturated rings. The van der Waals surface area contributed by atoms with Gasteiger partial charge in [-0.3, -0.25) is 10.4 Å². The minimum atomic E-state index is -3.35. The van der Waals surface area contributed by atoms with E-state index in [2.05, 4.69) is 12.0 Å². The summed E-state index contributed by atoms with van der Waals surface area (Å²) in [6.07, 6.45) is 1.70. The van der Waals surface area contributed by atoms with Gasteiger partial charge in [0.25, 0.3) is 0 Å². The van der Waals surface area contributed by atoms with E-state index in [0.29, 0.717) is 23.6 Å². The predicted molar refractivity (Wildman–Crippen MR) is 77.9 cm³/mol. The summed E-state index contributed by atoms with van der Waals surface area (Å²) in [6.45, 7) is 6.23. The minimum Gasteiger partial charge on any atom is -1.00 e. The van der Waals surface area contributed by atoms with E-state index in [1.54, 1.807) is 23.7 Å². The van der Waals surface area contributed by atoms with Gasteiger partial charge in [-0.15, -0.1) is 4.68 Å². The molecule has 0 saturated carbocycles. The van der Waals surface area contributed by atoms with Crippen LogP contribution in [0.1, 0.15) is 33.0 Å². The molecule has 0 bridgehead atoms. The molecule has 10 heteroatoms. The van der Waals surface area contributed by atoms with Gasteiger partial charge in [0, 0.05) is 16.9 Å². The second kappa shape index (κ2) is 7.56. The number of nitrogens with two attached hydrogens (primary N) is 1. The van der Waals surface area contributed by atoms with Crippen molar-refractivity contribution >= 4 is 29.3 Å². The van der Waals surface area contributed by atoms with Gasteiger partial charge < -0.3 is 21.5 Å². The lowest BCUT2D eigenvalue weighted by Gasteiger charge is -2.12. The van der Waals surface area contributed by atoms with Crippen molar-refractivity contribution in [1.82, 2.24) is 9.61 Å². The summed E-state index contributed by atoms with van der Waals surface area (Å²) in [5.74, 6) is 6.75. The lowest BCUT2D eigenvalue weighted by Crippen LogP contribution is -3.00. The average molecular weight is 355 g/mol. The zero-order valence-corrected chi connectivity index (χ0v) is 14.7. The summed E-state index contributed by atoms with van der Waals surface area (Å²) in [5.41, 5.74) is 0.433. The molecule has 0 saturated heterocycles. The third-order valence-corrected chi connectivity index (χ3v) is 5.89. The van der Waals surface area contributed by atoms with E-state index in [0.717, 1.165) is 18.7 Å². The van der Waals surface area contributed by atoms with Crippen LogP contribution < -0.4 is 28.4 Å². The lowest BCUT2D eigenvalue weighted by atomic mass is 10.3. The van der Waals surface area contributed by atoms with Crippen LogP contribution in [0.5, 0.6) is 0 Å². The normalized spacial score (nSPS) is 11.8. The molecule has 2 rings (SSSR count). The Bertz CT molecular complexity index is 635. The van der Waals surface area contributed by atoms with Crippen LogP contribution in [0.4, 0.5) is 0 Å². The van der Waals surface area contributed by atoms with Gasteiger partial charge in [-0.05, 0) is 20.3 Å². The highest BCUT2D eigenvalue weighted by molar-refractivity contribution is 7.62. The van der Waals surface area contributed by atoms with Crippen molar-refractivity contribution in [2.45, 2.75) is 33.6 Å². The van der Waals surface area contributed by atoms with Crippen LogP contribution in [0.2, 0.25) is 0 Å². The van der Waals surface area contributed by atoms with Crippen molar-refractivity contribution in [3.05, 3.63) is 11.2 Å². The van der Waals surface area contributed by atoms with Crippen LogP contribution in [-0.4, -0.2) is 22.8 Å². The van der Waals surface area contributed by atoms with Crippen molar-refractivity contribution in [2.24, 2.45) is 0 Å². The molecule has 0 radical (unpaired) electrons. The summed E-state index contributed by atoms with van der Waals surface area (Å²) in [7, 11) is -3.35. The monoisotopic (exact) mass is 354 g/mol. The number of aromatic nitrogens is 3. The van der Waals surface area contributed by atoms with Crippen molar-refractivity contribution in [3.8, 4) is 0 Å². The zero-order valence-electron chi connectivity index (χ0n) is 12.3. The van der Waals surface area contributed by atoms with Crippen molar-refractivity contribution in [2.75, 3.05) is 19.1 Å². The Balaban J connectivity index is 0.00000220. The highest BCUT2D eigenvalue weighted by Crippen LogP contribution is 2.47. The molecule has 2 aromatic heterocycles. The van der Waals surface area contributed by atoms with Gasteiger partial charge in [-0.2, -0.15) is 0 Å². The van der Waals surface area contributed by atoms with E-state index in [9.17, 15) is 4.57 Å². The van der Waals surface area contributed by atoms with Gasteiger partial charge in [0.2, 0.25) is 5.44 Å². The molecule has 7 nitrogen and oxygen atoms in total. The first-order valence-electron chi connectivity index (χ1n) is 6.63. The predicted octanol–water partition coefficient (Wildman–Crippen LogP) is -1.75. The third kappa shape index (κ3) is 3.40. The molecule has 0 aliphatic carbocycles. The molecule has 0 aliphatic heterocycles. The Morgan fingerprint density at radius 2 is 2.00 bits per heavy atom. The number of nitrogen functional groups attached to an aromatic ring is 1. The fourth-order valence-corrected chi connectivity index (χ4v) is 4.82. The largest absolute Gasteiger partial charge is 1.00 e. The fourth-order valence-electron chi connectivity index (χ4n) is 1.91. The van der Waals surface area contributed by atoms with Crippen molar-refractivity contribution in [1.29, 1.82) is 0 Å². The van der Waals surface area contributed by atoms with Crippen LogP contribution in [0.15, 0.2) is 5.38 Å². The summed E-state index contributed by atoms with van der Waals surface area (Å²) in [6, 6.07) is 0.